The van der Waals surface area contributed by atoms with Gasteiger partial charge >= 0.3 is 0 Å². The van der Waals surface area contributed by atoms with E-state index in [-0.39, 0.29) is 23.5 Å². The highest BCUT2D eigenvalue weighted by molar-refractivity contribution is 6.34. The Morgan fingerprint density at radius 1 is 0.342 bits per heavy atom. The smallest absolute Gasteiger partial charge is 0.152 e. The molecule has 0 spiro atoms. The van der Waals surface area contributed by atoms with Gasteiger partial charge in [-0.15, -0.1) is 0 Å². The second kappa shape index (κ2) is 26.9. The van der Waals surface area contributed by atoms with Crippen molar-refractivity contribution in [3.63, 3.8) is 0 Å². The molecular weight excluding hydrogens is 996 g/mol. The van der Waals surface area contributed by atoms with Gasteiger partial charge in [-0.1, -0.05) is 199 Å². The van der Waals surface area contributed by atoms with Gasteiger partial charge in [-0.25, -0.2) is 8.78 Å². The van der Waals surface area contributed by atoms with Gasteiger partial charge in [0.05, 0.1) is 27.8 Å². The summed E-state index contributed by atoms with van der Waals surface area (Å²) < 4.78 is 27.9. The van der Waals surface area contributed by atoms with Crippen molar-refractivity contribution < 1.29 is 8.78 Å². The van der Waals surface area contributed by atoms with Crippen LogP contribution in [0.3, 0.4) is 0 Å². The third-order valence-corrected chi connectivity index (χ3v) is 16.4. The first kappa shape index (κ1) is 62.8. The van der Waals surface area contributed by atoms with E-state index in [1.165, 1.54) is 67.5 Å². The number of hydrogen-bond acceptors (Lipinski definition) is 5. The van der Waals surface area contributed by atoms with E-state index in [1.807, 2.05) is 45.9 Å². The summed E-state index contributed by atoms with van der Waals surface area (Å²) in [5.74, 6) is 4.32. The van der Waals surface area contributed by atoms with Crippen LogP contribution in [-0.2, 0) is 32.1 Å². The summed E-state index contributed by atoms with van der Waals surface area (Å²) in [6.07, 6.45) is 4.67. The molecular formula is C71H94ClF2N5. The zero-order valence-electron chi connectivity index (χ0n) is 52.0. The molecule has 0 bridgehead atoms. The lowest BCUT2D eigenvalue weighted by Gasteiger charge is -2.12. The van der Waals surface area contributed by atoms with Gasteiger partial charge in [0.25, 0.3) is 0 Å². The van der Waals surface area contributed by atoms with E-state index >= 15 is 0 Å². The van der Waals surface area contributed by atoms with Crippen LogP contribution in [0.15, 0.2) is 91.7 Å². The summed E-state index contributed by atoms with van der Waals surface area (Å²) in [6, 6.07) is 23.1. The molecule has 0 saturated carbocycles. The molecule has 5 aromatic carbocycles. The molecule has 5 aromatic rings. The third kappa shape index (κ3) is 15.1. The van der Waals surface area contributed by atoms with Crippen molar-refractivity contribution in [1.82, 2.24) is 0 Å². The van der Waals surface area contributed by atoms with Crippen molar-refractivity contribution in [1.29, 1.82) is 0 Å². The highest BCUT2D eigenvalue weighted by Crippen LogP contribution is 2.42. The summed E-state index contributed by atoms with van der Waals surface area (Å²) in [5.41, 5.74) is 24.3. The number of benzene rings is 5. The molecule has 0 amide bonds. The minimum atomic E-state index is -0.122. The molecule has 0 fully saturated rings. The maximum atomic E-state index is 14.2. The number of aliphatic imine (C=N–C) groups is 5. The Bertz CT molecular complexity index is 2940. The molecule has 5 nitrogen and oxygen atoms in total. The van der Waals surface area contributed by atoms with E-state index < -0.39 is 0 Å². The first-order chi connectivity index (χ1) is 37.1. The van der Waals surface area contributed by atoms with E-state index in [1.54, 1.807) is 6.07 Å². The standard InChI is InChI=1S/C15H21N.C14H18ClN.2C14H18FN.C14H19N/c1-9(2)13-7-6-12-8-14(10(3)4)16-15(12)11(13)5;1-8(2)11-6-5-10-7-12(9(3)4)16-14(10)13(11)15;1-8(2)11-7-14-10(5-12(11)15)6-13(16-14)9(3)4;1-8(2)11-6-5-10-7-12(9(3)4)16-14(10)13(11)15;1-9(2)11-5-6-12-8-13(10(3)4)15-14(12)7-11/h6-7,9-10H,8H2,1-5H3;5-6,8-9H,7H2,1-4H3;5,7-9H,6H2,1-4H3;5-6,8-9H,7H2,1-4H3;5-7,9-10H,8H2,1-4H3. The summed E-state index contributed by atoms with van der Waals surface area (Å²) in [6.45, 7) is 45.2. The summed E-state index contributed by atoms with van der Waals surface area (Å²) in [7, 11) is 0. The van der Waals surface area contributed by atoms with Crippen LogP contribution in [0.2, 0.25) is 5.02 Å². The van der Waals surface area contributed by atoms with Crippen LogP contribution < -0.4 is 0 Å². The number of fused-ring (bicyclic) bond motifs is 5. The normalized spacial score (nSPS) is 14.6. The topological polar surface area (TPSA) is 61.8 Å². The predicted octanol–water partition coefficient (Wildman–Crippen LogP) is 21.7. The van der Waals surface area contributed by atoms with E-state index in [9.17, 15) is 8.78 Å². The van der Waals surface area contributed by atoms with Gasteiger partial charge in [0.15, 0.2) is 5.82 Å². The maximum Gasteiger partial charge on any atom is 0.152 e. The molecule has 0 radical (unpaired) electrons. The number of halogens is 3. The fraction of sp³-hybridized carbons (Fsp3) is 0.507. The van der Waals surface area contributed by atoms with Crippen molar-refractivity contribution in [2.75, 3.05) is 0 Å². The van der Waals surface area contributed by atoms with Gasteiger partial charge in [-0.3, -0.25) is 25.0 Å². The van der Waals surface area contributed by atoms with Crippen LogP contribution in [0, 0.1) is 48.1 Å². The first-order valence-electron chi connectivity index (χ1n) is 29.6. The minimum Gasteiger partial charge on any atom is -0.257 e. The van der Waals surface area contributed by atoms with Crippen molar-refractivity contribution >= 4 is 68.6 Å². The second-order valence-electron chi connectivity index (χ2n) is 25.6. The van der Waals surface area contributed by atoms with E-state index in [4.69, 9.17) is 21.6 Å². The van der Waals surface area contributed by atoms with E-state index in [0.717, 1.165) is 82.2 Å². The van der Waals surface area contributed by atoms with Crippen LogP contribution >= 0.6 is 11.6 Å². The van der Waals surface area contributed by atoms with Crippen molar-refractivity contribution in [3.8, 4) is 0 Å². The van der Waals surface area contributed by atoms with Crippen LogP contribution in [0.25, 0.3) is 0 Å². The Labute approximate surface area is 481 Å². The minimum absolute atomic E-state index is 0.0889. The molecule has 0 atom stereocenters. The van der Waals surface area contributed by atoms with Crippen LogP contribution in [0.5, 0.6) is 0 Å². The average molecular weight is 1090 g/mol. The monoisotopic (exact) mass is 1090 g/mol. The molecule has 5 heterocycles. The van der Waals surface area contributed by atoms with E-state index in [0.29, 0.717) is 53.0 Å². The molecule has 5 aliphatic heterocycles. The first-order valence-corrected chi connectivity index (χ1v) is 30.0. The summed E-state index contributed by atoms with van der Waals surface area (Å²) in [4.78, 5) is 23.2. The van der Waals surface area contributed by atoms with Crippen LogP contribution in [-0.4, -0.2) is 28.6 Å². The third-order valence-electron chi connectivity index (χ3n) is 16.0. The molecule has 0 N–H and O–H groups in total. The zero-order chi connectivity index (χ0) is 58.5. The lowest BCUT2D eigenvalue weighted by atomic mass is 9.93. The van der Waals surface area contributed by atoms with Crippen molar-refractivity contribution in [2.24, 2.45) is 54.6 Å². The van der Waals surface area contributed by atoms with Crippen LogP contribution in [0.1, 0.15) is 229 Å². The molecule has 0 aromatic heterocycles. The second-order valence-corrected chi connectivity index (χ2v) is 26.0. The lowest BCUT2D eigenvalue weighted by molar-refractivity contribution is 0.597. The fourth-order valence-corrected chi connectivity index (χ4v) is 10.9. The molecule has 79 heavy (non-hydrogen) atoms. The zero-order valence-corrected chi connectivity index (χ0v) is 52.8. The van der Waals surface area contributed by atoms with Crippen molar-refractivity contribution in [3.05, 3.63) is 145 Å². The number of hydrogen-bond donors (Lipinski definition) is 0. The van der Waals surface area contributed by atoms with Crippen molar-refractivity contribution in [2.45, 2.75) is 207 Å². The Hall–Kier alpha value is -5.40. The van der Waals surface area contributed by atoms with E-state index in [2.05, 4.69) is 175 Å². The summed E-state index contributed by atoms with van der Waals surface area (Å²) >= 11 is 6.41. The molecule has 8 heteroatoms. The number of rotatable bonds is 10. The lowest BCUT2D eigenvalue weighted by Crippen LogP contribution is -2.06. The largest absolute Gasteiger partial charge is 0.257 e. The molecule has 0 unspecified atom stereocenters. The highest BCUT2D eigenvalue weighted by Gasteiger charge is 2.26. The van der Waals surface area contributed by atoms with Gasteiger partial charge in [0.2, 0.25) is 0 Å². The van der Waals surface area contributed by atoms with Gasteiger partial charge in [0.1, 0.15) is 11.5 Å². The molecule has 424 valence electrons. The van der Waals surface area contributed by atoms with Gasteiger partial charge in [0, 0.05) is 60.7 Å². The fourth-order valence-electron chi connectivity index (χ4n) is 10.4. The molecule has 10 rings (SSSR count). The van der Waals surface area contributed by atoms with Gasteiger partial charge in [-0.05, 0) is 145 Å². The predicted molar refractivity (Wildman–Crippen MR) is 341 cm³/mol. The maximum absolute atomic E-state index is 14.2. The quantitative estimate of drug-likeness (QED) is 0.134. The SMILES string of the molecule is CC(C)C1=Nc2c(ccc(C(C)C)c2Cl)C1.CC(C)C1=Nc2c(ccc(C(C)C)c2F)C1.CC(C)C1=Nc2cc(C(C)C)c(F)cc2C1.CC(C)C1=Nc2cc(C(C)C)ccc2C1.Cc1c(C(C)C)ccc2c1N=C(C(C)C)C2. The molecule has 5 aliphatic rings. The average Bonchev–Trinajstić information content (AvgIpc) is 4.34. The van der Waals surface area contributed by atoms with Gasteiger partial charge < -0.3 is 0 Å². The number of nitrogens with zero attached hydrogens (tertiary/aromatic N) is 5. The van der Waals surface area contributed by atoms with Crippen LogP contribution in [0.4, 0.5) is 37.2 Å². The molecule has 0 aliphatic carbocycles. The Kier molecular flexibility index (Phi) is 21.4. The molecule has 0 saturated heterocycles. The summed E-state index contributed by atoms with van der Waals surface area (Å²) in [5, 5.41) is 0.850. The van der Waals surface area contributed by atoms with Gasteiger partial charge in [-0.2, -0.15) is 0 Å². The Morgan fingerprint density at radius 3 is 1.18 bits per heavy atom. The Morgan fingerprint density at radius 2 is 0.709 bits per heavy atom. The highest BCUT2D eigenvalue weighted by atomic mass is 35.5. The Balaban J connectivity index is 0.000000160.